The summed E-state index contributed by atoms with van der Waals surface area (Å²) in [7, 11) is -3.44. The summed E-state index contributed by atoms with van der Waals surface area (Å²) in [5.41, 5.74) is 0. The second-order valence-corrected chi connectivity index (χ2v) is 6.58. The Bertz CT molecular complexity index is 337. The Balaban J connectivity index is 2.76. The van der Waals surface area contributed by atoms with Crippen LogP contribution in [-0.4, -0.2) is 67.1 Å². The smallest absolute Gasteiger partial charge is 0.282 e. The molecule has 2 atom stereocenters. The van der Waals surface area contributed by atoms with Crippen LogP contribution >= 0.6 is 0 Å². The van der Waals surface area contributed by atoms with Crippen LogP contribution in [0.2, 0.25) is 0 Å². The molecule has 0 aromatic carbocycles. The van der Waals surface area contributed by atoms with E-state index in [0.717, 1.165) is 0 Å². The molecule has 6 nitrogen and oxygen atoms in total. The Morgan fingerprint density at radius 3 is 2.33 bits per heavy atom. The van der Waals surface area contributed by atoms with E-state index < -0.39 is 10.2 Å². The lowest BCUT2D eigenvalue weighted by atomic mass is 10.3. The second-order valence-electron chi connectivity index (χ2n) is 4.65. The number of hydrogen-bond acceptors (Lipinski definition) is 4. The molecule has 108 valence electrons. The fourth-order valence-electron chi connectivity index (χ4n) is 2.17. The Hall–Kier alpha value is -0.210. The zero-order valence-electron chi connectivity index (χ0n) is 11.4. The third-order valence-electron chi connectivity index (χ3n) is 2.96. The molecule has 7 heteroatoms. The highest BCUT2D eigenvalue weighted by Crippen LogP contribution is 2.17. The molecule has 0 aromatic rings. The molecule has 18 heavy (non-hydrogen) atoms. The van der Waals surface area contributed by atoms with E-state index in [9.17, 15) is 8.42 Å². The predicted octanol–water partition coefficient (Wildman–Crippen LogP) is 0.0447. The molecule has 1 heterocycles. The first kappa shape index (κ1) is 15.8. The molecule has 0 radical (unpaired) electrons. The van der Waals surface area contributed by atoms with Crippen molar-refractivity contribution in [1.82, 2.24) is 8.61 Å². The molecule has 1 aliphatic rings. The standard InChI is InChI=1S/C11H24N2O4S/c1-4-12(6-5-7-14)18(15,16)13-8-10(2)17-11(3)9-13/h10-11,14H,4-9H2,1-3H3. The van der Waals surface area contributed by atoms with Crippen molar-refractivity contribution in [1.29, 1.82) is 0 Å². The van der Waals surface area contributed by atoms with Crippen LogP contribution in [0.25, 0.3) is 0 Å². The SMILES string of the molecule is CCN(CCCO)S(=O)(=O)N1CC(C)OC(C)C1. The maximum absolute atomic E-state index is 12.4. The summed E-state index contributed by atoms with van der Waals surface area (Å²) in [6.45, 7) is 7.12. The lowest BCUT2D eigenvalue weighted by Crippen LogP contribution is -2.53. The molecule has 1 aliphatic heterocycles. The van der Waals surface area contributed by atoms with Crippen LogP contribution in [0.4, 0.5) is 0 Å². The van der Waals surface area contributed by atoms with Crippen molar-refractivity contribution in [3.05, 3.63) is 0 Å². The highest BCUT2D eigenvalue weighted by Gasteiger charge is 2.34. The van der Waals surface area contributed by atoms with Crippen molar-refractivity contribution < 1.29 is 18.3 Å². The molecule has 0 aromatic heterocycles. The van der Waals surface area contributed by atoms with E-state index in [0.29, 0.717) is 32.6 Å². The lowest BCUT2D eigenvalue weighted by molar-refractivity contribution is -0.0454. The van der Waals surface area contributed by atoms with Crippen LogP contribution in [0.5, 0.6) is 0 Å². The minimum Gasteiger partial charge on any atom is -0.396 e. The molecule has 1 N–H and O–H groups in total. The van der Waals surface area contributed by atoms with Crippen LogP contribution in [0.1, 0.15) is 27.2 Å². The Kier molecular flexibility index (Phi) is 6.00. The van der Waals surface area contributed by atoms with E-state index in [1.165, 1.54) is 8.61 Å². The van der Waals surface area contributed by atoms with Gasteiger partial charge in [-0.2, -0.15) is 17.0 Å². The molecular weight excluding hydrogens is 256 g/mol. The first-order valence-electron chi connectivity index (χ1n) is 6.43. The third kappa shape index (κ3) is 3.89. The van der Waals surface area contributed by atoms with Crippen molar-refractivity contribution >= 4 is 10.2 Å². The van der Waals surface area contributed by atoms with Gasteiger partial charge in [0.15, 0.2) is 0 Å². The van der Waals surface area contributed by atoms with Gasteiger partial charge in [-0.3, -0.25) is 0 Å². The van der Waals surface area contributed by atoms with Crippen LogP contribution in [0.3, 0.4) is 0 Å². The summed E-state index contributed by atoms with van der Waals surface area (Å²) in [6, 6.07) is 0. The summed E-state index contributed by atoms with van der Waals surface area (Å²) < 4.78 is 33.3. The van der Waals surface area contributed by atoms with Gasteiger partial charge in [-0.05, 0) is 20.3 Å². The number of hydrogen-bond donors (Lipinski definition) is 1. The van der Waals surface area contributed by atoms with E-state index in [2.05, 4.69) is 0 Å². The largest absolute Gasteiger partial charge is 0.396 e. The monoisotopic (exact) mass is 280 g/mol. The van der Waals surface area contributed by atoms with Crippen molar-refractivity contribution in [2.24, 2.45) is 0 Å². The van der Waals surface area contributed by atoms with E-state index in [-0.39, 0.29) is 18.8 Å². The van der Waals surface area contributed by atoms with Crippen molar-refractivity contribution in [2.45, 2.75) is 39.4 Å². The maximum atomic E-state index is 12.4. The molecular formula is C11H24N2O4S. The van der Waals surface area contributed by atoms with Crippen LogP contribution < -0.4 is 0 Å². The maximum Gasteiger partial charge on any atom is 0.282 e. The molecule has 0 spiro atoms. The normalized spacial score (nSPS) is 26.7. The number of morpholine rings is 1. The van der Waals surface area contributed by atoms with Gasteiger partial charge in [-0.15, -0.1) is 0 Å². The summed E-state index contributed by atoms with van der Waals surface area (Å²) in [6.07, 6.45) is 0.294. The van der Waals surface area contributed by atoms with Gasteiger partial charge in [0.2, 0.25) is 0 Å². The third-order valence-corrected chi connectivity index (χ3v) is 5.00. The molecule has 1 rings (SSSR count). The van der Waals surface area contributed by atoms with E-state index in [1.54, 1.807) is 0 Å². The van der Waals surface area contributed by atoms with Gasteiger partial charge in [-0.1, -0.05) is 6.92 Å². The summed E-state index contributed by atoms with van der Waals surface area (Å²) in [4.78, 5) is 0. The minimum atomic E-state index is -3.44. The second kappa shape index (κ2) is 6.81. The Morgan fingerprint density at radius 1 is 1.33 bits per heavy atom. The number of ether oxygens (including phenoxy) is 1. The van der Waals surface area contributed by atoms with E-state index in [1.807, 2.05) is 20.8 Å². The van der Waals surface area contributed by atoms with Gasteiger partial charge in [-0.25, -0.2) is 0 Å². The van der Waals surface area contributed by atoms with Crippen molar-refractivity contribution in [3.63, 3.8) is 0 Å². The first-order valence-corrected chi connectivity index (χ1v) is 7.83. The molecule has 1 saturated heterocycles. The molecule has 0 bridgehead atoms. The van der Waals surface area contributed by atoms with Crippen LogP contribution in [0.15, 0.2) is 0 Å². The Labute approximate surface area is 110 Å². The zero-order valence-corrected chi connectivity index (χ0v) is 12.2. The summed E-state index contributed by atoms with van der Waals surface area (Å²) >= 11 is 0. The van der Waals surface area contributed by atoms with Gasteiger partial charge in [0, 0.05) is 32.8 Å². The average Bonchev–Trinajstić information content (AvgIpc) is 2.28. The fraction of sp³-hybridized carbons (Fsp3) is 1.00. The summed E-state index contributed by atoms with van der Waals surface area (Å²) in [5, 5.41) is 8.82. The van der Waals surface area contributed by atoms with Gasteiger partial charge >= 0.3 is 0 Å². The van der Waals surface area contributed by atoms with Gasteiger partial charge < -0.3 is 9.84 Å². The molecule has 0 saturated carbocycles. The highest BCUT2D eigenvalue weighted by molar-refractivity contribution is 7.86. The van der Waals surface area contributed by atoms with Crippen LogP contribution in [0, 0.1) is 0 Å². The molecule has 1 fully saturated rings. The quantitative estimate of drug-likeness (QED) is 0.746. The zero-order chi connectivity index (χ0) is 13.8. The molecule has 2 unspecified atom stereocenters. The number of aliphatic hydroxyl groups is 1. The Morgan fingerprint density at radius 2 is 1.89 bits per heavy atom. The average molecular weight is 280 g/mol. The predicted molar refractivity (Wildman–Crippen MR) is 69.5 cm³/mol. The topological polar surface area (TPSA) is 70.1 Å². The number of rotatable bonds is 6. The van der Waals surface area contributed by atoms with Gasteiger partial charge in [0.25, 0.3) is 10.2 Å². The van der Waals surface area contributed by atoms with Crippen LogP contribution in [-0.2, 0) is 14.9 Å². The summed E-state index contributed by atoms with van der Waals surface area (Å²) in [5.74, 6) is 0. The van der Waals surface area contributed by atoms with Gasteiger partial charge in [0.05, 0.1) is 12.2 Å². The number of aliphatic hydroxyl groups excluding tert-OH is 1. The van der Waals surface area contributed by atoms with Gasteiger partial charge in [0.1, 0.15) is 0 Å². The van der Waals surface area contributed by atoms with Crippen molar-refractivity contribution in [2.75, 3.05) is 32.8 Å². The van der Waals surface area contributed by atoms with Crippen molar-refractivity contribution in [3.8, 4) is 0 Å². The van der Waals surface area contributed by atoms with E-state index >= 15 is 0 Å². The molecule has 0 amide bonds. The number of nitrogens with zero attached hydrogens (tertiary/aromatic N) is 2. The fourth-order valence-corrected chi connectivity index (χ4v) is 3.98. The molecule has 0 aliphatic carbocycles. The first-order chi connectivity index (χ1) is 8.41. The lowest BCUT2D eigenvalue weighted by Gasteiger charge is -2.37. The minimum absolute atomic E-state index is 0.00192. The highest BCUT2D eigenvalue weighted by atomic mass is 32.2. The van der Waals surface area contributed by atoms with E-state index in [4.69, 9.17) is 9.84 Å².